The van der Waals surface area contributed by atoms with Crippen molar-refractivity contribution in [3.8, 4) is 28.8 Å². The van der Waals surface area contributed by atoms with E-state index in [1.54, 1.807) is 6.20 Å². The number of aromatic amines is 1. The van der Waals surface area contributed by atoms with E-state index in [4.69, 9.17) is 14.7 Å². The fourth-order valence-electron chi connectivity index (χ4n) is 2.00. The molecule has 0 spiro atoms. The van der Waals surface area contributed by atoms with Crippen LogP contribution in [-0.2, 0) is 6.42 Å². The molecule has 0 saturated heterocycles. The van der Waals surface area contributed by atoms with E-state index >= 15 is 0 Å². The summed E-state index contributed by atoms with van der Waals surface area (Å²) in [6.45, 7) is 1.35. The van der Waals surface area contributed by atoms with E-state index in [0.717, 1.165) is 29.2 Å². The number of nitrogens with zero attached hydrogens (tertiary/aromatic N) is 2. The highest BCUT2D eigenvalue weighted by Crippen LogP contribution is 2.33. The Kier molecular flexibility index (Phi) is 3.07. The highest BCUT2D eigenvalue weighted by atomic mass is 16.5. The molecular weight excluding hydrogens is 242 g/mol. The van der Waals surface area contributed by atoms with E-state index < -0.39 is 0 Å². The van der Waals surface area contributed by atoms with Crippen LogP contribution >= 0.6 is 0 Å². The number of H-pyrrole nitrogens is 1. The molecule has 5 nitrogen and oxygen atoms in total. The van der Waals surface area contributed by atoms with Gasteiger partial charge in [-0.25, -0.2) is 4.98 Å². The zero-order chi connectivity index (χ0) is 13.1. The van der Waals surface area contributed by atoms with Crippen LogP contribution in [0.1, 0.15) is 12.2 Å². The minimum Gasteiger partial charge on any atom is -0.490 e. The van der Waals surface area contributed by atoms with Crippen molar-refractivity contribution in [1.29, 1.82) is 5.26 Å². The van der Waals surface area contributed by atoms with Gasteiger partial charge in [0.15, 0.2) is 11.5 Å². The molecule has 1 aromatic carbocycles. The Morgan fingerprint density at radius 1 is 1.26 bits per heavy atom. The van der Waals surface area contributed by atoms with Gasteiger partial charge in [-0.2, -0.15) is 5.26 Å². The summed E-state index contributed by atoms with van der Waals surface area (Å²) in [5.74, 6) is 2.20. The van der Waals surface area contributed by atoms with Gasteiger partial charge in [-0.3, -0.25) is 0 Å². The molecule has 0 amide bonds. The lowest BCUT2D eigenvalue weighted by atomic mass is 10.1. The molecule has 2 aromatic rings. The highest BCUT2D eigenvalue weighted by Gasteiger charge is 2.12. The minimum absolute atomic E-state index is 0.282. The van der Waals surface area contributed by atoms with Crippen LogP contribution in [-0.4, -0.2) is 23.2 Å². The van der Waals surface area contributed by atoms with Crippen molar-refractivity contribution < 1.29 is 9.47 Å². The summed E-state index contributed by atoms with van der Waals surface area (Å²) >= 11 is 0. The second-order valence-electron chi connectivity index (χ2n) is 4.29. The predicted octanol–water partition coefficient (Wildman–Crippen LogP) is 2.30. The van der Waals surface area contributed by atoms with E-state index in [0.29, 0.717) is 19.0 Å². The summed E-state index contributed by atoms with van der Waals surface area (Å²) < 4.78 is 11.2. The Bertz CT molecular complexity index is 628. The first kappa shape index (κ1) is 11.6. The lowest BCUT2D eigenvalue weighted by Crippen LogP contribution is -1.97. The van der Waals surface area contributed by atoms with Crippen LogP contribution < -0.4 is 9.47 Å². The number of hydrogen-bond acceptors (Lipinski definition) is 4. The maximum absolute atomic E-state index is 8.64. The number of rotatable bonds is 2. The topological polar surface area (TPSA) is 70.9 Å². The Balaban J connectivity index is 1.92. The van der Waals surface area contributed by atoms with Gasteiger partial charge in [-0.15, -0.1) is 0 Å². The smallest absolute Gasteiger partial charge is 0.161 e. The lowest BCUT2D eigenvalue weighted by Gasteiger charge is -2.08. The lowest BCUT2D eigenvalue weighted by molar-refractivity contribution is 0.297. The van der Waals surface area contributed by atoms with Crippen LogP contribution in [0.2, 0.25) is 0 Å². The van der Waals surface area contributed by atoms with Crippen molar-refractivity contribution in [3.05, 3.63) is 30.2 Å². The molecule has 0 saturated carbocycles. The molecule has 1 aromatic heterocycles. The average Bonchev–Trinajstić information content (AvgIpc) is 2.76. The molecule has 5 heteroatoms. The molecule has 3 rings (SSSR count). The van der Waals surface area contributed by atoms with Crippen molar-refractivity contribution in [1.82, 2.24) is 9.97 Å². The normalized spacial score (nSPS) is 13.6. The molecule has 96 valence electrons. The standard InChI is InChI=1S/C14H13N3O2/c15-5-4-14-16-9-11(17-14)10-2-3-12-13(8-10)19-7-1-6-18-12/h2-3,8-9H,1,4,6-7H2,(H,16,17). The fraction of sp³-hybridized carbons (Fsp3) is 0.286. The molecular formula is C14H13N3O2. The minimum atomic E-state index is 0.282. The van der Waals surface area contributed by atoms with E-state index in [1.807, 2.05) is 18.2 Å². The SMILES string of the molecule is N#CCc1ncc(-c2ccc3c(c2)OCCCO3)[nH]1. The van der Waals surface area contributed by atoms with Gasteiger partial charge in [0.2, 0.25) is 0 Å². The first-order valence-corrected chi connectivity index (χ1v) is 6.17. The quantitative estimate of drug-likeness (QED) is 0.893. The second-order valence-corrected chi connectivity index (χ2v) is 4.29. The van der Waals surface area contributed by atoms with Crippen molar-refractivity contribution in [2.75, 3.05) is 13.2 Å². The van der Waals surface area contributed by atoms with E-state index in [-0.39, 0.29) is 6.42 Å². The Labute approximate surface area is 110 Å². The molecule has 1 N–H and O–H groups in total. The van der Waals surface area contributed by atoms with E-state index in [9.17, 15) is 0 Å². The number of fused-ring (bicyclic) bond motifs is 1. The molecule has 2 heterocycles. The number of ether oxygens (including phenoxy) is 2. The van der Waals surface area contributed by atoms with Crippen LogP contribution in [0.3, 0.4) is 0 Å². The van der Waals surface area contributed by atoms with Crippen LogP contribution in [0, 0.1) is 11.3 Å². The third-order valence-electron chi connectivity index (χ3n) is 2.93. The molecule has 1 aliphatic heterocycles. The Morgan fingerprint density at radius 3 is 2.95 bits per heavy atom. The maximum atomic E-state index is 8.64. The molecule has 0 atom stereocenters. The summed E-state index contributed by atoms with van der Waals surface area (Å²) in [6.07, 6.45) is 2.90. The largest absolute Gasteiger partial charge is 0.490 e. The molecule has 1 aliphatic rings. The van der Waals surface area contributed by atoms with Gasteiger partial charge in [-0.05, 0) is 18.2 Å². The molecule has 19 heavy (non-hydrogen) atoms. The van der Waals surface area contributed by atoms with Gasteiger partial charge in [0.25, 0.3) is 0 Å². The van der Waals surface area contributed by atoms with Crippen LogP contribution in [0.4, 0.5) is 0 Å². The van der Waals surface area contributed by atoms with Crippen molar-refractivity contribution >= 4 is 0 Å². The zero-order valence-corrected chi connectivity index (χ0v) is 10.3. The molecule has 0 radical (unpaired) electrons. The van der Waals surface area contributed by atoms with Crippen LogP contribution in [0.25, 0.3) is 11.3 Å². The summed E-state index contributed by atoms with van der Waals surface area (Å²) in [7, 11) is 0. The molecule has 0 unspecified atom stereocenters. The van der Waals surface area contributed by atoms with Gasteiger partial charge < -0.3 is 14.5 Å². The van der Waals surface area contributed by atoms with Crippen molar-refractivity contribution in [2.24, 2.45) is 0 Å². The van der Waals surface area contributed by atoms with Crippen molar-refractivity contribution in [3.63, 3.8) is 0 Å². The summed E-state index contributed by atoms with van der Waals surface area (Å²) in [6, 6.07) is 7.86. The van der Waals surface area contributed by atoms with Crippen LogP contribution in [0.5, 0.6) is 11.5 Å². The Hall–Kier alpha value is -2.48. The number of benzene rings is 1. The Morgan fingerprint density at radius 2 is 2.11 bits per heavy atom. The van der Waals surface area contributed by atoms with Crippen molar-refractivity contribution in [2.45, 2.75) is 12.8 Å². The third-order valence-corrected chi connectivity index (χ3v) is 2.93. The first-order valence-electron chi connectivity index (χ1n) is 6.17. The zero-order valence-electron chi connectivity index (χ0n) is 10.3. The third kappa shape index (κ3) is 2.38. The number of hydrogen-bond donors (Lipinski definition) is 1. The first-order chi connectivity index (χ1) is 9.36. The molecule has 0 aliphatic carbocycles. The fourth-order valence-corrected chi connectivity index (χ4v) is 2.00. The number of imidazole rings is 1. The summed E-state index contributed by atoms with van der Waals surface area (Å²) in [4.78, 5) is 7.29. The molecule has 0 fully saturated rings. The van der Waals surface area contributed by atoms with Gasteiger partial charge >= 0.3 is 0 Å². The van der Waals surface area contributed by atoms with Crippen LogP contribution in [0.15, 0.2) is 24.4 Å². The monoisotopic (exact) mass is 255 g/mol. The predicted molar refractivity (Wildman–Crippen MR) is 68.9 cm³/mol. The van der Waals surface area contributed by atoms with E-state index in [2.05, 4.69) is 16.0 Å². The maximum Gasteiger partial charge on any atom is 0.161 e. The van der Waals surface area contributed by atoms with Gasteiger partial charge in [0.05, 0.1) is 37.6 Å². The molecule has 0 bridgehead atoms. The summed E-state index contributed by atoms with van der Waals surface area (Å²) in [5.41, 5.74) is 1.85. The van der Waals surface area contributed by atoms with Gasteiger partial charge in [0.1, 0.15) is 5.82 Å². The van der Waals surface area contributed by atoms with Gasteiger partial charge in [-0.1, -0.05) is 0 Å². The number of nitrogens with one attached hydrogen (secondary N) is 1. The summed E-state index contributed by atoms with van der Waals surface area (Å²) in [5, 5.41) is 8.64. The average molecular weight is 255 g/mol. The number of nitriles is 1. The second kappa shape index (κ2) is 5.02. The number of aromatic nitrogens is 2. The highest BCUT2D eigenvalue weighted by molar-refractivity contribution is 5.63. The van der Waals surface area contributed by atoms with Gasteiger partial charge in [0, 0.05) is 12.0 Å². The van der Waals surface area contributed by atoms with E-state index in [1.165, 1.54) is 0 Å².